The minimum absolute atomic E-state index is 0.126. The summed E-state index contributed by atoms with van der Waals surface area (Å²) >= 11 is 0. The molecule has 0 saturated heterocycles. The SMILES string of the molecule is COc1ccc(C(C)(C)C(=O)NCC(OC)OC)cc1OC. The summed E-state index contributed by atoms with van der Waals surface area (Å²) < 4.78 is 20.6. The van der Waals surface area contributed by atoms with Crippen LogP contribution in [0.2, 0.25) is 0 Å². The average molecular weight is 311 g/mol. The molecule has 0 heterocycles. The predicted octanol–water partition coefficient (Wildman–Crippen LogP) is 1.72. The summed E-state index contributed by atoms with van der Waals surface area (Å²) in [7, 11) is 6.20. The first-order chi connectivity index (χ1) is 10.4. The molecule has 0 unspecified atom stereocenters. The zero-order chi connectivity index (χ0) is 16.8. The lowest BCUT2D eigenvalue weighted by Gasteiger charge is -2.26. The van der Waals surface area contributed by atoms with Gasteiger partial charge in [0.1, 0.15) is 0 Å². The Bertz CT molecular complexity index is 497. The first kappa shape index (κ1) is 18.3. The largest absolute Gasteiger partial charge is 0.493 e. The fraction of sp³-hybridized carbons (Fsp3) is 0.562. The number of ether oxygens (including phenoxy) is 4. The number of carbonyl (C=O) groups excluding carboxylic acids is 1. The van der Waals surface area contributed by atoms with Crippen molar-refractivity contribution in [2.75, 3.05) is 35.0 Å². The predicted molar refractivity (Wildman–Crippen MR) is 83.4 cm³/mol. The van der Waals surface area contributed by atoms with Gasteiger partial charge >= 0.3 is 0 Å². The molecule has 0 aliphatic rings. The second kappa shape index (κ2) is 8.00. The molecule has 0 radical (unpaired) electrons. The Balaban J connectivity index is 2.90. The van der Waals surface area contributed by atoms with E-state index in [4.69, 9.17) is 18.9 Å². The number of hydrogen-bond donors (Lipinski definition) is 1. The summed E-state index contributed by atoms with van der Waals surface area (Å²) in [6, 6.07) is 5.45. The third-order valence-electron chi connectivity index (χ3n) is 3.63. The lowest BCUT2D eigenvalue weighted by molar-refractivity contribution is -0.131. The zero-order valence-corrected chi connectivity index (χ0v) is 14.1. The van der Waals surface area contributed by atoms with E-state index in [1.165, 1.54) is 14.2 Å². The summed E-state index contributed by atoms with van der Waals surface area (Å²) in [4.78, 5) is 12.5. The highest BCUT2D eigenvalue weighted by atomic mass is 16.7. The minimum atomic E-state index is -0.731. The van der Waals surface area contributed by atoms with Crippen molar-refractivity contribution < 1.29 is 23.7 Å². The molecule has 1 aromatic carbocycles. The quantitative estimate of drug-likeness (QED) is 0.741. The number of benzene rings is 1. The molecule has 0 atom stereocenters. The summed E-state index contributed by atoms with van der Waals surface area (Å²) in [6.07, 6.45) is -0.467. The van der Waals surface area contributed by atoms with Crippen LogP contribution in [0.3, 0.4) is 0 Å². The Morgan fingerprint density at radius 3 is 2.18 bits per heavy atom. The molecule has 0 aliphatic carbocycles. The van der Waals surface area contributed by atoms with Crippen LogP contribution in [0.15, 0.2) is 18.2 Å². The van der Waals surface area contributed by atoms with Crippen molar-refractivity contribution in [1.82, 2.24) is 5.32 Å². The molecule has 1 rings (SSSR count). The van der Waals surface area contributed by atoms with Gasteiger partial charge < -0.3 is 24.3 Å². The van der Waals surface area contributed by atoms with Crippen molar-refractivity contribution in [3.8, 4) is 11.5 Å². The number of hydrogen-bond acceptors (Lipinski definition) is 5. The van der Waals surface area contributed by atoms with Gasteiger partial charge in [0.2, 0.25) is 5.91 Å². The van der Waals surface area contributed by atoms with E-state index in [9.17, 15) is 4.79 Å². The highest BCUT2D eigenvalue weighted by Gasteiger charge is 2.31. The van der Waals surface area contributed by atoms with Gasteiger partial charge in [-0.25, -0.2) is 0 Å². The molecular weight excluding hydrogens is 286 g/mol. The average Bonchev–Trinajstić information content (AvgIpc) is 2.54. The Morgan fingerprint density at radius 2 is 1.68 bits per heavy atom. The molecule has 0 aliphatic heterocycles. The fourth-order valence-corrected chi connectivity index (χ4v) is 2.02. The van der Waals surface area contributed by atoms with Crippen LogP contribution in [0.1, 0.15) is 19.4 Å². The van der Waals surface area contributed by atoms with Crippen molar-refractivity contribution >= 4 is 5.91 Å². The van der Waals surface area contributed by atoms with Gasteiger partial charge in [-0.05, 0) is 31.5 Å². The first-order valence-electron chi connectivity index (χ1n) is 6.97. The molecule has 0 saturated carbocycles. The van der Waals surface area contributed by atoms with E-state index in [1.54, 1.807) is 20.3 Å². The molecular formula is C16H25NO5. The maximum Gasteiger partial charge on any atom is 0.230 e. The van der Waals surface area contributed by atoms with Crippen LogP contribution in [0.4, 0.5) is 0 Å². The molecule has 124 valence electrons. The maximum atomic E-state index is 12.5. The third kappa shape index (κ3) is 4.11. The van der Waals surface area contributed by atoms with Gasteiger partial charge in [0.15, 0.2) is 17.8 Å². The molecule has 6 nitrogen and oxygen atoms in total. The summed E-state index contributed by atoms with van der Waals surface area (Å²) in [6.45, 7) is 3.97. The minimum Gasteiger partial charge on any atom is -0.493 e. The van der Waals surface area contributed by atoms with Crippen molar-refractivity contribution in [2.45, 2.75) is 25.6 Å². The topological polar surface area (TPSA) is 66.0 Å². The lowest BCUT2D eigenvalue weighted by atomic mass is 9.83. The third-order valence-corrected chi connectivity index (χ3v) is 3.63. The van der Waals surface area contributed by atoms with Gasteiger partial charge in [-0.1, -0.05) is 6.07 Å². The van der Waals surface area contributed by atoms with Gasteiger partial charge in [-0.3, -0.25) is 4.79 Å². The van der Waals surface area contributed by atoms with E-state index in [1.807, 2.05) is 26.0 Å². The molecule has 1 amide bonds. The van der Waals surface area contributed by atoms with E-state index >= 15 is 0 Å². The van der Waals surface area contributed by atoms with Crippen LogP contribution < -0.4 is 14.8 Å². The first-order valence-corrected chi connectivity index (χ1v) is 6.97. The van der Waals surface area contributed by atoms with Crippen molar-refractivity contribution in [3.05, 3.63) is 23.8 Å². The number of nitrogens with one attached hydrogen (secondary N) is 1. The lowest BCUT2D eigenvalue weighted by Crippen LogP contribution is -2.43. The van der Waals surface area contributed by atoms with Crippen LogP contribution in [0.5, 0.6) is 11.5 Å². The Hall–Kier alpha value is -1.79. The van der Waals surface area contributed by atoms with Gasteiger partial charge in [0.05, 0.1) is 26.2 Å². The van der Waals surface area contributed by atoms with Crippen LogP contribution >= 0.6 is 0 Å². The van der Waals surface area contributed by atoms with Crippen LogP contribution in [0, 0.1) is 0 Å². The van der Waals surface area contributed by atoms with Crippen LogP contribution in [0.25, 0.3) is 0 Å². The van der Waals surface area contributed by atoms with Crippen molar-refractivity contribution in [2.24, 2.45) is 0 Å². The second-order valence-electron chi connectivity index (χ2n) is 5.31. The Labute approximate surface area is 131 Å². The highest BCUT2D eigenvalue weighted by Crippen LogP contribution is 2.33. The number of methoxy groups -OCH3 is 4. The van der Waals surface area contributed by atoms with Gasteiger partial charge in [-0.2, -0.15) is 0 Å². The molecule has 0 bridgehead atoms. The summed E-state index contributed by atoms with van der Waals surface area (Å²) in [5.41, 5.74) is 0.0972. The number of rotatable bonds is 8. The van der Waals surface area contributed by atoms with Gasteiger partial charge in [0, 0.05) is 14.2 Å². The molecule has 1 aromatic rings. The van der Waals surface area contributed by atoms with Crippen LogP contribution in [-0.4, -0.2) is 47.2 Å². The van der Waals surface area contributed by atoms with E-state index in [2.05, 4.69) is 5.32 Å². The van der Waals surface area contributed by atoms with E-state index < -0.39 is 11.7 Å². The number of amides is 1. The highest BCUT2D eigenvalue weighted by molar-refractivity contribution is 5.87. The molecule has 22 heavy (non-hydrogen) atoms. The fourth-order valence-electron chi connectivity index (χ4n) is 2.02. The molecule has 0 fully saturated rings. The standard InChI is InChI=1S/C16H25NO5/c1-16(2,15(18)17-10-14(21-5)22-6)11-7-8-12(19-3)13(9-11)20-4/h7-9,14H,10H2,1-6H3,(H,17,18). The monoisotopic (exact) mass is 311 g/mol. The van der Waals surface area contributed by atoms with E-state index in [-0.39, 0.29) is 12.5 Å². The summed E-state index contributed by atoms with van der Waals surface area (Å²) in [5, 5.41) is 2.83. The van der Waals surface area contributed by atoms with E-state index in [0.717, 1.165) is 5.56 Å². The van der Waals surface area contributed by atoms with Gasteiger partial charge in [0.25, 0.3) is 0 Å². The molecule has 6 heteroatoms. The smallest absolute Gasteiger partial charge is 0.230 e. The van der Waals surface area contributed by atoms with E-state index in [0.29, 0.717) is 11.5 Å². The zero-order valence-electron chi connectivity index (χ0n) is 14.1. The Kier molecular flexibility index (Phi) is 6.64. The molecule has 1 N–H and O–H groups in total. The normalized spacial score (nSPS) is 11.4. The van der Waals surface area contributed by atoms with Crippen molar-refractivity contribution in [1.29, 1.82) is 0 Å². The maximum absolute atomic E-state index is 12.5. The number of carbonyl (C=O) groups is 1. The summed E-state index contributed by atoms with van der Waals surface area (Å²) in [5.74, 6) is 1.09. The van der Waals surface area contributed by atoms with Gasteiger partial charge in [-0.15, -0.1) is 0 Å². The van der Waals surface area contributed by atoms with Crippen LogP contribution in [-0.2, 0) is 19.7 Å². The Morgan fingerprint density at radius 1 is 1.09 bits per heavy atom. The molecule has 0 aromatic heterocycles. The molecule has 0 spiro atoms. The second-order valence-corrected chi connectivity index (χ2v) is 5.31. The van der Waals surface area contributed by atoms with Crippen molar-refractivity contribution in [3.63, 3.8) is 0 Å².